The van der Waals surface area contributed by atoms with Gasteiger partial charge >= 0.3 is 12.1 Å². The number of benzene rings is 1. The molecule has 0 aromatic heterocycles. The summed E-state index contributed by atoms with van der Waals surface area (Å²) in [6.45, 7) is 1.76. The third kappa shape index (κ3) is 3.07. The lowest BCUT2D eigenvalue weighted by molar-refractivity contribution is -0.189. The van der Waals surface area contributed by atoms with Crippen molar-refractivity contribution in [3.63, 3.8) is 0 Å². The molecule has 106 valence electrons. The fourth-order valence-electron chi connectivity index (χ4n) is 1.31. The van der Waals surface area contributed by atoms with Crippen molar-refractivity contribution in [2.24, 2.45) is 0 Å². The van der Waals surface area contributed by atoms with E-state index in [-0.39, 0.29) is 5.56 Å². The predicted molar refractivity (Wildman–Crippen MR) is 55.9 cm³/mol. The van der Waals surface area contributed by atoms with Crippen molar-refractivity contribution in [1.29, 1.82) is 0 Å². The van der Waals surface area contributed by atoms with Gasteiger partial charge in [-0.2, -0.15) is 13.2 Å². The summed E-state index contributed by atoms with van der Waals surface area (Å²) in [5.41, 5.74) is -1.27. The second-order valence-corrected chi connectivity index (χ2v) is 3.84. The number of carboxylic acids is 1. The maximum atomic E-state index is 13.7. The first-order chi connectivity index (χ1) is 8.55. The number of aryl methyl sites for hydroxylation is 1. The van der Waals surface area contributed by atoms with Gasteiger partial charge in [-0.1, -0.05) is 0 Å². The van der Waals surface area contributed by atoms with Crippen LogP contribution in [-0.2, 0) is 0 Å². The molecule has 0 radical (unpaired) electrons. The van der Waals surface area contributed by atoms with Crippen LogP contribution in [0.15, 0.2) is 6.07 Å². The van der Waals surface area contributed by atoms with Gasteiger partial charge in [0, 0.05) is 0 Å². The maximum absolute atomic E-state index is 13.7. The zero-order chi connectivity index (χ0) is 15.0. The Morgan fingerprint density at radius 1 is 1.42 bits per heavy atom. The fraction of sp³-hybridized carbons (Fsp3) is 0.364. The van der Waals surface area contributed by atoms with Crippen molar-refractivity contribution >= 4 is 5.97 Å². The number of rotatable bonds is 3. The zero-order valence-corrected chi connectivity index (χ0v) is 9.88. The van der Waals surface area contributed by atoms with E-state index >= 15 is 0 Å². The molecule has 0 aliphatic carbocycles. The number of aromatic hydroxyl groups is 1. The molecule has 0 heterocycles. The molecule has 1 aromatic rings. The standard InChI is InChI=1S/C11H10F4O4/c1-4-3-6(16)7(10(17)18)9(8(4)12)19-5(2)11(13,14)15/h3,5,16H,1-2H3,(H,17,18). The Labute approximate surface area is 105 Å². The molecule has 4 nitrogen and oxygen atoms in total. The number of carbonyl (C=O) groups is 1. The Morgan fingerprint density at radius 3 is 2.37 bits per heavy atom. The number of carboxylic acid groups (broad SMARTS) is 1. The van der Waals surface area contributed by atoms with Crippen LogP contribution in [0.25, 0.3) is 0 Å². The van der Waals surface area contributed by atoms with Gasteiger partial charge in [-0.05, 0) is 25.5 Å². The lowest BCUT2D eigenvalue weighted by Crippen LogP contribution is -2.32. The number of phenols is 1. The molecule has 1 atom stereocenters. The van der Waals surface area contributed by atoms with Crippen molar-refractivity contribution < 1.29 is 37.3 Å². The van der Waals surface area contributed by atoms with Gasteiger partial charge in [-0.15, -0.1) is 0 Å². The summed E-state index contributed by atoms with van der Waals surface area (Å²) in [7, 11) is 0. The third-order valence-corrected chi connectivity index (χ3v) is 2.35. The Hall–Kier alpha value is -1.99. The number of hydrogen-bond donors (Lipinski definition) is 2. The van der Waals surface area contributed by atoms with Crippen LogP contribution in [0.2, 0.25) is 0 Å². The Balaban J connectivity index is 3.36. The van der Waals surface area contributed by atoms with Gasteiger partial charge in [0.05, 0.1) is 0 Å². The Kier molecular flexibility index (Phi) is 3.92. The zero-order valence-electron chi connectivity index (χ0n) is 9.88. The molecule has 0 aliphatic rings. The monoisotopic (exact) mass is 282 g/mol. The second-order valence-electron chi connectivity index (χ2n) is 3.84. The first-order valence-electron chi connectivity index (χ1n) is 5.04. The van der Waals surface area contributed by atoms with E-state index < -0.39 is 41.1 Å². The number of halogens is 4. The normalized spacial score (nSPS) is 13.2. The summed E-state index contributed by atoms with van der Waals surface area (Å²) in [5, 5.41) is 18.2. The fourth-order valence-corrected chi connectivity index (χ4v) is 1.31. The molecule has 1 unspecified atom stereocenters. The van der Waals surface area contributed by atoms with Crippen molar-refractivity contribution in [2.45, 2.75) is 26.1 Å². The summed E-state index contributed by atoms with van der Waals surface area (Å²) in [5.74, 6) is -5.04. The summed E-state index contributed by atoms with van der Waals surface area (Å²) in [4.78, 5) is 10.8. The van der Waals surface area contributed by atoms with E-state index in [2.05, 4.69) is 4.74 Å². The molecule has 8 heteroatoms. The van der Waals surface area contributed by atoms with Gasteiger partial charge in [0.1, 0.15) is 11.3 Å². The van der Waals surface area contributed by atoms with E-state index in [1.165, 1.54) is 0 Å². The number of aromatic carboxylic acids is 1. The highest BCUT2D eigenvalue weighted by Gasteiger charge is 2.39. The molecule has 19 heavy (non-hydrogen) atoms. The molecule has 0 bridgehead atoms. The lowest BCUT2D eigenvalue weighted by atomic mass is 10.1. The van der Waals surface area contributed by atoms with Crippen molar-refractivity contribution in [1.82, 2.24) is 0 Å². The van der Waals surface area contributed by atoms with Crippen LogP contribution in [0.4, 0.5) is 17.6 Å². The first-order valence-corrected chi connectivity index (χ1v) is 5.04. The molecular formula is C11H10F4O4. The molecular weight excluding hydrogens is 272 g/mol. The highest BCUT2D eigenvalue weighted by molar-refractivity contribution is 5.94. The van der Waals surface area contributed by atoms with Gasteiger partial charge in [-0.25, -0.2) is 9.18 Å². The smallest absolute Gasteiger partial charge is 0.425 e. The maximum Gasteiger partial charge on any atom is 0.425 e. The number of alkyl halides is 3. The van der Waals surface area contributed by atoms with Crippen LogP contribution in [0, 0.1) is 12.7 Å². The third-order valence-electron chi connectivity index (χ3n) is 2.35. The van der Waals surface area contributed by atoms with Gasteiger partial charge in [0.25, 0.3) is 0 Å². The average Bonchev–Trinajstić information content (AvgIpc) is 2.23. The second kappa shape index (κ2) is 4.94. The molecule has 0 saturated carbocycles. The van der Waals surface area contributed by atoms with Crippen molar-refractivity contribution in [3.05, 3.63) is 23.0 Å². The van der Waals surface area contributed by atoms with Gasteiger partial charge < -0.3 is 14.9 Å². The topological polar surface area (TPSA) is 66.8 Å². The quantitative estimate of drug-likeness (QED) is 0.836. The van der Waals surface area contributed by atoms with E-state index in [1.54, 1.807) is 0 Å². The van der Waals surface area contributed by atoms with Crippen LogP contribution in [0.3, 0.4) is 0 Å². The van der Waals surface area contributed by atoms with Gasteiger partial charge in [-0.3, -0.25) is 0 Å². The first kappa shape index (κ1) is 15.1. The van der Waals surface area contributed by atoms with Crippen LogP contribution in [-0.4, -0.2) is 28.5 Å². The molecule has 0 fully saturated rings. The molecule has 0 spiro atoms. The number of ether oxygens (including phenoxy) is 1. The summed E-state index contributed by atoms with van der Waals surface area (Å²) in [6, 6.07) is 0.796. The summed E-state index contributed by atoms with van der Waals surface area (Å²) < 4.78 is 55.0. The lowest BCUT2D eigenvalue weighted by Gasteiger charge is -2.20. The SMILES string of the molecule is Cc1cc(O)c(C(=O)O)c(OC(C)C(F)(F)F)c1F. The highest BCUT2D eigenvalue weighted by atomic mass is 19.4. The molecule has 2 N–H and O–H groups in total. The van der Waals surface area contributed by atoms with Crippen LogP contribution in [0.5, 0.6) is 11.5 Å². The van der Waals surface area contributed by atoms with E-state index in [0.717, 1.165) is 13.0 Å². The molecule has 1 aromatic carbocycles. The van der Waals surface area contributed by atoms with Crippen LogP contribution >= 0.6 is 0 Å². The van der Waals surface area contributed by atoms with E-state index in [1.807, 2.05) is 0 Å². The van der Waals surface area contributed by atoms with Crippen LogP contribution in [0.1, 0.15) is 22.8 Å². The minimum absolute atomic E-state index is 0.230. The predicted octanol–water partition coefficient (Wildman–Crippen LogP) is 2.87. The van der Waals surface area contributed by atoms with E-state index in [9.17, 15) is 27.5 Å². The van der Waals surface area contributed by atoms with E-state index in [4.69, 9.17) is 5.11 Å². The Morgan fingerprint density at radius 2 is 1.95 bits per heavy atom. The van der Waals surface area contributed by atoms with Gasteiger partial charge in [0.2, 0.25) is 0 Å². The van der Waals surface area contributed by atoms with Crippen molar-refractivity contribution in [3.8, 4) is 11.5 Å². The average molecular weight is 282 g/mol. The van der Waals surface area contributed by atoms with Crippen molar-refractivity contribution in [2.75, 3.05) is 0 Å². The minimum Gasteiger partial charge on any atom is -0.507 e. The summed E-state index contributed by atoms with van der Waals surface area (Å²) in [6.07, 6.45) is -7.21. The highest BCUT2D eigenvalue weighted by Crippen LogP contribution is 2.35. The summed E-state index contributed by atoms with van der Waals surface area (Å²) >= 11 is 0. The molecule has 0 aliphatic heterocycles. The van der Waals surface area contributed by atoms with E-state index in [0.29, 0.717) is 6.92 Å². The molecule has 1 rings (SSSR count). The molecule has 0 saturated heterocycles. The van der Waals surface area contributed by atoms with Crippen LogP contribution < -0.4 is 4.74 Å². The minimum atomic E-state index is -4.79. The number of hydrogen-bond acceptors (Lipinski definition) is 3. The largest absolute Gasteiger partial charge is 0.507 e. The Bertz CT molecular complexity index is 510. The van der Waals surface area contributed by atoms with Gasteiger partial charge in [0.15, 0.2) is 17.7 Å². The molecule has 0 amide bonds.